The first kappa shape index (κ1) is 77.5. The highest BCUT2D eigenvalue weighted by molar-refractivity contribution is 5.80. The standard InChI is InChI=1S/C63H120N2O20/c1-5-6-7-8-9-10-11-12-13-14-15-16-17-18-19-20-25-28-31-34-37-46(71)60(79)65-44(51(72)45(70)36-33-30-27-24-22-21-23-26-29-32-35-42(2)3)41-80-63-59(85-62-57(78)56(77)53(74)48(39-67)82-62)58(54(75)49(40-68)83-63)84-61-50(64-43(4)69)55(76)52(73)47(38-66)81-61/h42,44-59,61-63,66-68,70-78H,5-41H2,1-4H3,(H,64,69)(H,65,79)/t44-,45+,46+,47+,48+,49+,50+,51-,52-,53-,54-,55+,56-,57+,58-,59+,61+,62+,63-/m0/s1. The summed E-state index contributed by atoms with van der Waals surface area (Å²) in [4.78, 5) is 26.2. The summed E-state index contributed by atoms with van der Waals surface area (Å²) < 4.78 is 36.0. The molecule has 19 atom stereocenters. The maximum atomic E-state index is 13.8. The number of carbonyl (C=O) groups excluding carboxylic acids is 2. The Labute approximate surface area is 508 Å². The molecular formula is C63H120N2O20. The van der Waals surface area contributed by atoms with Crippen molar-refractivity contribution in [1.82, 2.24) is 10.6 Å². The average Bonchev–Trinajstić information content (AvgIpc) is 2.78. The van der Waals surface area contributed by atoms with Crippen LogP contribution in [0.1, 0.15) is 240 Å². The van der Waals surface area contributed by atoms with E-state index in [-0.39, 0.29) is 12.8 Å². The van der Waals surface area contributed by atoms with E-state index in [0.717, 1.165) is 70.6 Å². The second-order valence-corrected chi connectivity index (χ2v) is 25.1. The van der Waals surface area contributed by atoms with Crippen molar-refractivity contribution in [2.75, 3.05) is 26.4 Å². The van der Waals surface area contributed by atoms with Gasteiger partial charge in [0.2, 0.25) is 11.8 Å². The van der Waals surface area contributed by atoms with Crippen LogP contribution in [0.25, 0.3) is 0 Å². The van der Waals surface area contributed by atoms with Crippen molar-refractivity contribution in [2.45, 2.75) is 356 Å². The van der Waals surface area contributed by atoms with Crippen molar-refractivity contribution in [1.29, 1.82) is 0 Å². The molecule has 3 aliphatic rings. The van der Waals surface area contributed by atoms with Crippen LogP contribution in [0.5, 0.6) is 0 Å². The summed E-state index contributed by atoms with van der Waals surface area (Å²) in [6.07, 6.45) is 6.48. The van der Waals surface area contributed by atoms with Gasteiger partial charge in [-0.25, -0.2) is 0 Å². The monoisotopic (exact) mass is 1220 g/mol. The molecule has 2 amide bonds. The van der Waals surface area contributed by atoms with Crippen LogP contribution in [0.15, 0.2) is 0 Å². The van der Waals surface area contributed by atoms with Crippen LogP contribution in [-0.4, -0.2) is 216 Å². The average molecular weight is 1230 g/mol. The van der Waals surface area contributed by atoms with Gasteiger partial charge in [0, 0.05) is 6.92 Å². The molecule has 3 saturated heterocycles. The minimum Gasteiger partial charge on any atom is -0.394 e. The second kappa shape index (κ2) is 45.5. The van der Waals surface area contributed by atoms with Gasteiger partial charge in [-0.15, -0.1) is 0 Å². The Bertz CT molecular complexity index is 1680. The fourth-order valence-corrected chi connectivity index (χ4v) is 11.7. The number of aliphatic hydroxyl groups excluding tert-OH is 12. The van der Waals surface area contributed by atoms with Crippen LogP contribution in [0, 0.1) is 5.92 Å². The van der Waals surface area contributed by atoms with Gasteiger partial charge in [0.05, 0.1) is 38.6 Å². The van der Waals surface area contributed by atoms with Gasteiger partial charge in [0.25, 0.3) is 0 Å². The van der Waals surface area contributed by atoms with E-state index in [0.29, 0.717) is 12.8 Å². The summed E-state index contributed by atoms with van der Waals surface area (Å²) in [5, 5.41) is 136. The Morgan fingerprint density at radius 3 is 1.29 bits per heavy atom. The van der Waals surface area contributed by atoms with Gasteiger partial charge in [-0.2, -0.15) is 0 Å². The lowest BCUT2D eigenvalue weighted by Gasteiger charge is -2.49. The first-order chi connectivity index (χ1) is 40.9. The van der Waals surface area contributed by atoms with E-state index in [4.69, 9.17) is 28.4 Å². The fraction of sp³-hybridized carbons (Fsp3) is 0.968. The van der Waals surface area contributed by atoms with E-state index in [9.17, 15) is 70.9 Å². The highest BCUT2D eigenvalue weighted by Crippen LogP contribution is 2.34. The number of aliphatic hydroxyl groups is 12. The number of carbonyl (C=O) groups is 2. The molecule has 0 saturated carbocycles. The summed E-state index contributed by atoms with van der Waals surface area (Å²) in [5.41, 5.74) is 0. The summed E-state index contributed by atoms with van der Waals surface area (Å²) >= 11 is 0. The van der Waals surface area contributed by atoms with E-state index in [2.05, 4.69) is 31.4 Å². The summed E-state index contributed by atoms with van der Waals surface area (Å²) in [5.74, 6) is -0.836. The minimum atomic E-state index is -2.03. The van der Waals surface area contributed by atoms with Crippen molar-refractivity contribution in [2.24, 2.45) is 5.92 Å². The van der Waals surface area contributed by atoms with Crippen LogP contribution >= 0.6 is 0 Å². The maximum absolute atomic E-state index is 13.8. The number of hydrogen-bond donors (Lipinski definition) is 14. The summed E-state index contributed by atoms with van der Waals surface area (Å²) in [6.45, 7) is 4.55. The summed E-state index contributed by atoms with van der Waals surface area (Å²) in [7, 11) is 0. The highest BCUT2D eigenvalue weighted by atomic mass is 16.8. The maximum Gasteiger partial charge on any atom is 0.249 e. The van der Waals surface area contributed by atoms with Crippen molar-refractivity contribution in [3.8, 4) is 0 Å². The molecule has 3 fully saturated rings. The zero-order chi connectivity index (χ0) is 62.5. The normalized spacial score (nSPS) is 29.6. The number of nitrogens with one attached hydrogen (secondary N) is 2. The molecule has 0 aliphatic carbocycles. The fourth-order valence-electron chi connectivity index (χ4n) is 11.7. The largest absolute Gasteiger partial charge is 0.394 e. The molecule has 14 N–H and O–H groups in total. The van der Waals surface area contributed by atoms with E-state index < -0.39 is 155 Å². The summed E-state index contributed by atoms with van der Waals surface area (Å²) in [6, 6.07) is -3.01. The molecule has 22 heteroatoms. The van der Waals surface area contributed by atoms with Gasteiger partial charge in [0.1, 0.15) is 85.4 Å². The molecule has 0 spiro atoms. The molecule has 0 bridgehead atoms. The molecule has 0 unspecified atom stereocenters. The Morgan fingerprint density at radius 2 is 0.847 bits per heavy atom. The van der Waals surface area contributed by atoms with Gasteiger partial charge in [-0.1, -0.05) is 220 Å². The van der Waals surface area contributed by atoms with Gasteiger partial charge in [0.15, 0.2) is 18.9 Å². The molecule has 502 valence electrons. The predicted molar refractivity (Wildman–Crippen MR) is 319 cm³/mol. The first-order valence-corrected chi connectivity index (χ1v) is 33.3. The molecule has 3 heterocycles. The highest BCUT2D eigenvalue weighted by Gasteiger charge is 2.55. The number of hydrogen-bond acceptors (Lipinski definition) is 20. The van der Waals surface area contributed by atoms with Crippen molar-refractivity contribution >= 4 is 11.8 Å². The van der Waals surface area contributed by atoms with E-state index in [1.165, 1.54) is 128 Å². The second-order valence-electron chi connectivity index (χ2n) is 25.1. The van der Waals surface area contributed by atoms with Crippen molar-refractivity contribution in [3.63, 3.8) is 0 Å². The molecule has 0 aromatic carbocycles. The Morgan fingerprint density at radius 1 is 0.459 bits per heavy atom. The Hall–Kier alpha value is -1.78. The zero-order valence-electron chi connectivity index (χ0n) is 52.3. The van der Waals surface area contributed by atoms with Gasteiger partial charge >= 0.3 is 0 Å². The quantitative estimate of drug-likeness (QED) is 0.0367. The smallest absolute Gasteiger partial charge is 0.249 e. The van der Waals surface area contributed by atoms with Crippen LogP contribution in [0.3, 0.4) is 0 Å². The van der Waals surface area contributed by atoms with Gasteiger partial charge < -0.3 is 100 Å². The van der Waals surface area contributed by atoms with E-state index in [1.54, 1.807) is 0 Å². The SMILES string of the molecule is CCCCCCCCCCCCCCCCCCCCCC[C@@H](O)C(=O)N[C@@H](CO[C@H]1O[C@H](CO)[C@H](O)[C@H](O[C@H]2O[C@H](CO)[C@H](O)[C@H](O)[C@H]2NC(C)=O)[C@H]1O[C@H]1O[C@H](CO)[C@H](O)[C@H](O)[C@H]1O)[C@H](O)[C@H](O)CCCCCCCCCCCCC(C)C. The number of amides is 2. The lowest BCUT2D eigenvalue weighted by atomic mass is 9.95. The molecule has 85 heavy (non-hydrogen) atoms. The zero-order valence-corrected chi connectivity index (χ0v) is 52.3. The molecule has 0 radical (unpaired) electrons. The number of ether oxygens (including phenoxy) is 6. The predicted octanol–water partition coefficient (Wildman–Crippen LogP) is 4.71. The molecular weight excluding hydrogens is 1100 g/mol. The lowest BCUT2D eigenvalue weighted by molar-refractivity contribution is -0.387. The minimum absolute atomic E-state index is 0.122. The van der Waals surface area contributed by atoms with Gasteiger partial charge in [-0.05, 0) is 18.8 Å². The third kappa shape index (κ3) is 29.4. The van der Waals surface area contributed by atoms with Crippen LogP contribution in [-0.2, 0) is 38.0 Å². The van der Waals surface area contributed by atoms with Crippen molar-refractivity contribution in [3.05, 3.63) is 0 Å². The first-order valence-electron chi connectivity index (χ1n) is 33.3. The molecule has 3 rings (SSSR count). The number of rotatable bonds is 49. The van der Waals surface area contributed by atoms with Gasteiger partial charge in [-0.3, -0.25) is 9.59 Å². The lowest BCUT2D eigenvalue weighted by Crippen LogP contribution is -2.69. The van der Waals surface area contributed by atoms with E-state index >= 15 is 0 Å². The topological polar surface area (TPSA) is 356 Å². The molecule has 0 aromatic rings. The third-order valence-corrected chi connectivity index (χ3v) is 17.2. The third-order valence-electron chi connectivity index (χ3n) is 17.2. The molecule has 3 aliphatic heterocycles. The van der Waals surface area contributed by atoms with E-state index in [1.807, 2.05) is 0 Å². The van der Waals surface area contributed by atoms with Crippen LogP contribution in [0.4, 0.5) is 0 Å². The van der Waals surface area contributed by atoms with Crippen molar-refractivity contribution < 1.29 is 99.3 Å². The number of unbranched alkanes of at least 4 members (excludes halogenated alkanes) is 28. The van der Waals surface area contributed by atoms with Crippen LogP contribution in [0.2, 0.25) is 0 Å². The molecule has 22 nitrogen and oxygen atoms in total. The Kier molecular flexibility index (Phi) is 41.4. The molecule has 0 aromatic heterocycles. The Balaban J connectivity index is 1.71. The van der Waals surface area contributed by atoms with Crippen LogP contribution < -0.4 is 10.6 Å².